The number of nitrogens with one attached hydrogen (secondary N) is 1. The van der Waals surface area contributed by atoms with E-state index in [4.69, 9.17) is 0 Å². The minimum atomic E-state index is -3.97. The highest BCUT2D eigenvalue weighted by atomic mass is 32.2. The Hall–Kier alpha value is -2.19. The Morgan fingerprint density at radius 3 is 2.52 bits per heavy atom. The summed E-state index contributed by atoms with van der Waals surface area (Å²) in [5, 5.41) is 4.76. The van der Waals surface area contributed by atoms with Crippen LogP contribution < -0.4 is 5.32 Å². The molecule has 8 heteroatoms. The first-order valence-electron chi connectivity index (χ1n) is 7.81. The molecule has 1 aromatic carbocycles. The molecule has 0 radical (unpaired) electrons. The van der Waals surface area contributed by atoms with Crippen molar-refractivity contribution in [1.29, 1.82) is 0 Å². The minimum absolute atomic E-state index is 0.0496. The third kappa shape index (κ3) is 3.19. The molecular formula is C17H18N2O4S2. The Morgan fingerprint density at radius 1 is 1.20 bits per heavy atom. The number of nitrogens with zero attached hydrogens (tertiary/aromatic N) is 1. The molecule has 0 unspecified atom stereocenters. The zero-order chi connectivity index (χ0) is 18.2. The third-order valence-electron chi connectivity index (χ3n) is 4.03. The molecule has 0 aliphatic carbocycles. The second-order valence-electron chi connectivity index (χ2n) is 6.12. The van der Waals surface area contributed by atoms with Crippen LogP contribution in [0.3, 0.4) is 0 Å². The van der Waals surface area contributed by atoms with E-state index in [1.54, 1.807) is 12.1 Å². The molecule has 6 nitrogen and oxygen atoms in total. The maximum atomic E-state index is 12.5. The van der Waals surface area contributed by atoms with Gasteiger partial charge in [-0.05, 0) is 29.5 Å². The molecular weight excluding hydrogens is 360 g/mol. The summed E-state index contributed by atoms with van der Waals surface area (Å²) in [6, 6.07) is 9.57. The second-order valence-corrected chi connectivity index (χ2v) is 8.93. The topological polar surface area (TPSA) is 83.6 Å². The summed E-state index contributed by atoms with van der Waals surface area (Å²) in [6.45, 7) is 3.42. The van der Waals surface area contributed by atoms with Gasteiger partial charge in [0.15, 0.2) is 0 Å². The zero-order valence-electron chi connectivity index (χ0n) is 13.8. The van der Waals surface area contributed by atoms with Crippen LogP contribution in [0, 0.1) is 5.92 Å². The van der Waals surface area contributed by atoms with E-state index < -0.39 is 28.4 Å². The highest BCUT2D eigenvalue weighted by Gasteiger charge is 2.42. The highest BCUT2D eigenvalue weighted by molar-refractivity contribution is 7.90. The van der Waals surface area contributed by atoms with Gasteiger partial charge in [-0.2, -0.15) is 0 Å². The van der Waals surface area contributed by atoms with Crippen LogP contribution >= 0.6 is 11.3 Å². The van der Waals surface area contributed by atoms with E-state index in [2.05, 4.69) is 5.32 Å². The minimum Gasteiger partial charge on any atom is -0.347 e. The van der Waals surface area contributed by atoms with Gasteiger partial charge in [0.2, 0.25) is 5.91 Å². The maximum Gasteiger partial charge on any atom is 0.269 e. The number of hydrogen-bond acceptors (Lipinski definition) is 5. The van der Waals surface area contributed by atoms with E-state index in [0.717, 1.165) is 4.88 Å². The van der Waals surface area contributed by atoms with Gasteiger partial charge < -0.3 is 5.32 Å². The lowest BCUT2D eigenvalue weighted by molar-refractivity contribution is -0.122. The van der Waals surface area contributed by atoms with Crippen LogP contribution in [0.2, 0.25) is 0 Å². The Bertz CT molecular complexity index is 904. The van der Waals surface area contributed by atoms with E-state index in [1.165, 1.54) is 23.5 Å². The maximum absolute atomic E-state index is 12.5. The van der Waals surface area contributed by atoms with E-state index in [1.807, 2.05) is 31.4 Å². The van der Waals surface area contributed by atoms with Crippen LogP contribution in [0.1, 0.15) is 35.1 Å². The first-order chi connectivity index (χ1) is 11.8. The van der Waals surface area contributed by atoms with Crippen molar-refractivity contribution >= 4 is 33.2 Å². The summed E-state index contributed by atoms with van der Waals surface area (Å²) in [6.07, 6.45) is 0. The lowest BCUT2D eigenvalue weighted by atomic mass is 10.0. The smallest absolute Gasteiger partial charge is 0.269 e. The standard InChI is InChI=1S/C17H18N2O4S2/c1-11(2)16(13-7-5-9-24-13)18-15(20)10-19-17(21)12-6-3-4-8-14(12)25(19,22)23/h3-9,11,16H,10H2,1-2H3,(H,18,20)/t16-/m1/s1. The molecule has 0 bridgehead atoms. The van der Waals surface area contributed by atoms with Gasteiger partial charge in [0, 0.05) is 4.88 Å². The fourth-order valence-corrected chi connectivity index (χ4v) is 5.25. The number of amides is 2. The van der Waals surface area contributed by atoms with Crippen molar-refractivity contribution in [2.24, 2.45) is 5.92 Å². The molecule has 0 saturated heterocycles. The van der Waals surface area contributed by atoms with Crippen molar-refractivity contribution in [3.63, 3.8) is 0 Å². The molecule has 1 aliphatic rings. The zero-order valence-corrected chi connectivity index (χ0v) is 15.4. The molecule has 1 atom stereocenters. The van der Waals surface area contributed by atoms with Crippen molar-refractivity contribution < 1.29 is 18.0 Å². The molecule has 3 rings (SSSR count). The molecule has 2 aromatic rings. The normalized spacial score (nSPS) is 16.8. The van der Waals surface area contributed by atoms with Gasteiger partial charge in [0.1, 0.15) is 11.4 Å². The van der Waals surface area contributed by atoms with Gasteiger partial charge in [-0.15, -0.1) is 11.3 Å². The lowest BCUT2D eigenvalue weighted by Crippen LogP contribution is -2.42. The van der Waals surface area contributed by atoms with Crippen LogP contribution in [0.4, 0.5) is 0 Å². The molecule has 1 N–H and O–H groups in total. The van der Waals surface area contributed by atoms with Crippen molar-refractivity contribution in [3.8, 4) is 0 Å². The number of fused-ring (bicyclic) bond motifs is 1. The van der Waals surface area contributed by atoms with Gasteiger partial charge in [0.05, 0.1) is 11.6 Å². The largest absolute Gasteiger partial charge is 0.347 e. The van der Waals surface area contributed by atoms with Crippen molar-refractivity contribution in [2.75, 3.05) is 6.54 Å². The molecule has 25 heavy (non-hydrogen) atoms. The van der Waals surface area contributed by atoms with Crippen LogP contribution in [-0.2, 0) is 14.8 Å². The molecule has 132 valence electrons. The Labute approximate surface area is 150 Å². The van der Waals surface area contributed by atoms with E-state index >= 15 is 0 Å². The average molecular weight is 378 g/mol. The monoisotopic (exact) mass is 378 g/mol. The molecule has 2 amide bonds. The third-order valence-corrected chi connectivity index (χ3v) is 6.77. The van der Waals surface area contributed by atoms with E-state index in [9.17, 15) is 18.0 Å². The summed E-state index contributed by atoms with van der Waals surface area (Å²) in [4.78, 5) is 25.7. The summed E-state index contributed by atoms with van der Waals surface area (Å²) >= 11 is 1.52. The quantitative estimate of drug-likeness (QED) is 0.866. The first kappa shape index (κ1) is 17.6. The number of carbonyl (C=O) groups is 2. The Kier molecular flexibility index (Phi) is 4.66. The van der Waals surface area contributed by atoms with Gasteiger partial charge >= 0.3 is 0 Å². The van der Waals surface area contributed by atoms with Gasteiger partial charge in [0.25, 0.3) is 15.9 Å². The van der Waals surface area contributed by atoms with Crippen LogP contribution in [0.15, 0.2) is 46.7 Å². The number of thiophene rings is 1. The number of carbonyl (C=O) groups excluding carboxylic acids is 2. The van der Waals surface area contributed by atoms with Gasteiger partial charge in [-0.3, -0.25) is 9.59 Å². The molecule has 0 spiro atoms. The highest BCUT2D eigenvalue weighted by Crippen LogP contribution is 2.30. The molecule has 0 saturated carbocycles. The molecule has 1 aromatic heterocycles. The summed E-state index contributed by atoms with van der Waals surface area (Å²) in [7, 11) is -3.97. The molecule has 1 aliphatic heterocycles. The van der Waals surface area contributed by atoms with Crippen molar-refractivity contribution in [2.45, 2.75) is 24.8 Å². The lowest BCUT2D eigenvalue weighted by Gasteiger charge is -2.23. The summed E-state index contributed by atoms with van der Waals surface area (Å²) in [5.74, 6) is -1.04. The van der Waals surface area contributed by atoms with Gasteiger partial charge in [-0.25, -0.2) is 12.7 Å². The number of rotatable bonds is 5. The molecule has 0 fully saturated rings. The van der Waals surface area contributed by atoms with Gasteiger partial charge in [-0.1, -0.05) is 32.0 Å². The van der Waals surface area contributed by atoms with E-state index in [-0.39, 0.29) is 22.4 Å². The summed E-state index contributed by atoms with van der Waals surface area (Å²) < 4.78 is 25.6. The fraction of sp³-hybridized carbons (Fsp3) is 0.294. The Morgan fingerprint density at radius 2 is 1.92 bits per heavy atom. The Balaban J connectivity index is 1.79. The predicted octanol–water partition coefficient (Wildman–Crippen LogP) is 2.41. The van der Waals surface area contributed by atoms with Crippen LogP contribution in [0.25, 0.3) is 0 Å². The van der Waals surface area contributed by atoms with E-state index in [0.29, 0.717) is 4.31 Å². The van der Waals surface area contributed by atoms with Crippen LogP contribution in [0.5, 0.6) is 0 Å². The summed E-state index contributed by atoms with van der Waals surface area (Å²) in [5.41, 5.74) is 0.106. The predicted molar refractivity (Wildman–Crippen MR) is 94.7 cm³/mol. The number of sulfonamides is 1. The number of hydrogen-bond donors (Lipinski definition) is 1. The first-order valence-corrected chi connectivity index (χ1v) is 10.1. The number of benzene rings is 1. The van der Waals surface area contributed by atoms with Crippen molar-refractivity contribution in [1.82, 2.24) is 9.62 Å². The fourth-order valence-electron chi connectivity index (χ4n) is 2.77. The molecule has 2 heterocycles. The van der Waals surface area contributed by atoms with Crippen molar-refractivity contribution in [3.05, 3.63) is 52.2 Å². The average Bonchev–Trinajstić information content (AvgIpc) is 3.15. The SMILES string of the molecule is CC(C)[C@@H](NC(=O)CN1C(=O)c2ccccc2S1(=O)=O)c1cccs1. The second kappa shape index (κ2) is 6.61. The van der Waals surface area contributed by atoms with Crippen LogP contribution in [-0.4, -0.2) is 31.1 Å².